The molecule has 0 heterocycles. The number of amides is 1. The molecule has 2 N–H and O–H groups in total. The normalized spacial score (nSPS) is 11.2. The van der Waals surface area contributed by atoms with Crippen LogP contribution in [0.15, 0.2) is 17.0 Å². The summed E-state index contributed by atoms with van der Waals surface area (Å²) in [7, 11) is -4.61. The van der Waals surface area contributed by atoms with Crippen LogP contribution in [0.4, 0.5) is 13.2 Å². The van der Waals surface area contributed by atoms with Crippen molar-refractivity contribution in [3.63, 3.8) is 0 Å². The Kier molecular flexibility index (Phi) is 7.17. The molecule has 0 aliphatic rings. The predicted octanol–water partition coefficient (Wildman–Crippen LogP) is 0.452. The molecule has 134 valence electrons. The molecule has 0 unspecified atom stereocenters. The van der Waals surface area contributed by atoms with E-state index in [2.05, 4.69) is 10.1 Å². The summed E-state index contributed by atoms with van der Waals surface area (Å²) in [6.45, 7) is 0.679. The molecule has 0 aromatic heterocycles. The third kappa shape index (κ3) is 5.49. The van der Waals surface area contributed by atoms with Crippen molar-refractivity contribution in [2.24, 2.45) is 0 Å². The van der Waals surface area contributed by atoms with Crippen LogP contribution in [0.1, 0.15) is 13.3 Å². The fourth-order valence-electron chi connectivity index (χ4n) is 1.46. The van der Waals surface area contributed by atoms with Gasteiger partial charge in [0, 0.05) is 6.54 Å². The lowest BCUT2D eigenvalue weighted by molar-refractivity contribution is -0.147. The van der Waals surface area contributed by atoms with Crippen molar-refractivity contribution in [2.75, 3.05) is 19.7 Å². The molecule has 0 saturated carbocycles. The first kappa shape index (κ1) is 19.9. The smallest absolute Gasteiger partial charge is 0.321 e. The molecule has 1 aromatic carbocycles. The molecule has 1 aromatic rings. The summed E-state index contributed by atoms with van der Waals surface area (Å²) < 4.78 is 69.0. The van der Waals surface area contributed by atoms with Crippen LogP contribution < -0.4 is 10.0 Å². The molecule has 0 aliphatic heterocycles. The van der Waals surface area contributed by atoms with E-state index in [4.69, 9.17) is 0 Å². The van der Waals surface area contributed by atoms with Gasteiger partial charge < -0.3 is 10.1 Å². The van der Waals surface area contributed by atoms with Crippen molar-refractivity contribution >= 4 is 21.9 Å². The second-order valence-corrected chi connectivity index (χ2v) is 6.24. The van der Waals surface area contributed by atoms with Gasteiger partial charge in [-0.05, 0) is 18.6 Å². The van der Waals surface area contributed by atoms with Gasteiger partial charge in [0.15, 0.2) is 24.1 Å². The number of carbonyl (C=O) groups is 2. The van der Waals surface area contributed by atoms with Crippen molar-refractivity contribution in [1.29, 1.82) is 0 Å². The van der Waals surface area contributed by atoms with Crippen molar-refractivity contribution in [3.8, 4) is 0 Å². The van der Waals surface area contributed by atoms with Crippen LogP contribution in [-0.4, -0.2) is 40.0 Å². The molecule has 0 atom stereocenters. The summed E-state index contributed by atoms with van der Waals surface area (Å²) in [5.41, 5.74) is 0. The lowest BCUT2D eigenvalue weighted by atomic mass is 10.3. The molecule has 0 radical (unpaired) electrons. The lowest BCUT2D eigenvalue weighted by Gasteiger charge is -2.09. The second kappa shape index (κ2) is 8.64. The van der Waals surface area contributed by atoms with E-state index in [0.717, 1.165) is 0 Å². The minimum absolute atomic E-state index is 0.387. The van der Waals surface area contributed by atoms with Crippen LogP contribution in [-0.2, 0) is 24.3 Å². The van der Waals surface area contributed by atoms with Crippen LogP contribution >= 0.6 is 0 Å². The minimum Gasteiger partial charge on any atom is -0.455 e. The first-order valence-electron chi connectivity index (χ1n) is 6.74. The molecule has 0 fully saturated rings. The Morgan fingerprint density at radius 2 is 1.83 bits per heavy atom. The number of benzene rings is 1. The number of nitrogens with one attached hydrogen (secondary N) is 2. The summed E-state index contributed by atoms with van der Waals surface area (Å²) in [6, 6.07) is 0.947. The summed E-state index contributed by atoms with van der Waals surface area (Å²) >= 11 is 0. The highest BCUT2D eigenvalue weighted by atomic mass is 32.2. The van der Waals surface area contributed by atoms with Crippen LogP contribution in [0.3, 0.4) is 0 Å². The maximum atomic E-state index is 13.5. The molecule has 0 bridgehead atoms. The Labute approximate surface area is 136 Å². The van der Waals surface area contributed by atoms with Gasteiger partial charge in [0.05, 0.1) is 0 Å². The Morgan fingerprint density at radius 1 is 1.17 bits per heavy atom. The molecule has 7 nitrogen and oxygen atoms in total. The predicted molar refractivity (Wildman–Crippen MR) is 75.8 cm³/mol. The Hall–Kier alpha value is -2.14. The highest BCUT2D eigenvalue weighted by Crippen LogP contribution is 2.19. The molecule has 1 rings (SSSR count). The number of halogens is 3. The van der Waals surface area contributed by atoms with E-state index in [9.17, 15) is 31.2 Å². The molecular formula is C13H15F3N2O5S. The monoisotopic (exact) mass is 368 g/mol. The van der Waals surface area contributed by atoms with Crippen LogP contribution in [0.2, 0.25) is 0 Å². The topological polar surface area (TPSA) is 102 Å². The Morgan fingerprint density at radius 3 is 2.46 bits per heavy atom. The highest BCUT2D eigenvalue weighted by Gasteiger charge is 2.24. The SMILES string of the molecule is CCCNC(=O)COC(=O)CNS(=O)(=O)c1ccc(F)c(F)c1F. The standard InChI is InChI=1S/C13H15F3N2O5S/c1-2-5-17-10(19)7-23-11(20)6-18-24(21,22)9-4-3-8(14)12(15)13(9)16/h3-4,18H,2,5-7H2,1H3,(H,17,19). The van der Waals surface area contributed by atoms with Gasteiger partial charge >= 0.3 is 5.97 Å². The largest absolute Gasteiger partial charge is 0.455 e. The quantitative estimate of drug-likeness (QED) is 0.513. The second-order valence-electron chi connectivity index (χ2n) is 4.51. The molecule has 11 heteroatoms. The number of hydrogen-bond donors (Lipinski definition) is 2. The zero-order chi connectivity index (χ0) is 18.3. The van der Waals surface area contributed by atoms with E-state index in [0.29, 0.717) is 25.1 Å². The zero-order valence-electron chi connectivity index (χ0n) is 12.6. The van der Waals surface area contributed by atoms with Crippen molar-refractivity contribution in [1.82, 2.24) is 10.0 Å². The lowest BCUT2D eigenvalue weighted by Crippen LogP contribution is -2.34. The Balaban J connectivity index is 2.61. The molecular weight excluding hydrogens is 353 g/mol. The first-order chi connectivity index (χ1) is 11.2. The molecule has 0 saturated heterocycles. The third-order valence-corrected chi connectivity index (χ3v) is 4.05. The Bertz CT molecular complexity index is 725. The van der Waals surface area contributed by atoms with Gasteiger partial charge in [0.1, 0.15) is 11.4 Å². The fourth-order valence-corrected chi connectivity index (χ4v) is 2.50. The molecule has 0 aliphatic carbocycles. The average molecular weight is 368 g/mol. The average Bonchev–Trinajstić information content (AvgIpc) is 2.53. The van der Waals surface area contributed by atoms with E-state index in [1.165, 1.54) is 0 Å². The van der Waals surface area contributed by atoms with Gasteiger partial charge in [-0.25, -0.2) is 21.6 Å². The van der Waals surface area contributed by atoms with E-state index in [-0.39, 0.29) is 0 Å². The van der Waals surface area contributed by atoms with E-state index in [1.807, 2.05) is 6.92 Å². The van der Waals surface area contributed by atoms with Gasteiger partial charge in [0.25, 0.3) is 5.91 Å². The summed E-state index contributed by atoms with van der Waals surface area (Å²) in [5, 5.41) is 2.42. The van der Waals surface area contributed by atoms with Crippen LogP contribution in [0, 0.1) is 17.5 Å². The highest BCUT2D eigenvalue weighted by molar-refractivity contribution is 7.89. The van der Waals surface area contributed by atoms with Crippen molar-refractivity contribution in [2.45, 2.75) is 18.2 Å². The third-order valence-electron chi connectivity index (χ3n) is 2.63. The van der Waals surface area contributed by atoms with Crippen molar-refractivity contribution in [3.05, 3.63) is 29.6 Å². The zero-order valence-corrected chi connectivity index (χ0v) is 13.4. The van der Waals surface area contributed by atoms with Gasteiger partial charge in [-0.1, -0.05) is 6.92 Å². The van der Waals surface area contributed by atoms with Crippen LogP contribution in [0.25, 0.3) is 0 Å². The molecule has 1 amide bonds. The fraction of sp³-hybridized carbons (Fsp3) is 0.385. The number of sulfonamides is 1. The van der Waals surface area contributed by atoms with Gasteiger partial charge in [-0.2, -0.15) is 4.72 Å². The maximum Gasteiger partial charge on any atom is 0.321 e. The number of hydrogen-bond acceptors (Lipinski definition) is 5. The van der Waals surface area contributed by atoms with Gasteiger partial charge in [-0.15, -0.1) is 0 Å². The number of ether oxygens (including phenoxy) is 1. The summed E-state index contributed by atoms with van der Waals surface area (Å²) in [6.07, 6.45) is 0.680. The molecule has 0 spiro atoms. The number of esters is 1. The van der Waals surface area contributed by atoms with Crippen LogP contribution in [0.5, 0.6) is 0 Å². The van der Waals surface area contributed by atoms with Crippen molar-refractivity contribution < 1.29 is 35.9 Å². The number of carbonyl (C=O) groups excluding carboxylic acids is 2. The van der Waals surface area contributed by atoms with E-state index < -0.39 is 57.4 Å². The first-order valence-corrected chi connectivity index (χ1v) is 8.22. The van der Waals surface area contributed by atoms with Gasteiger partial charge in [-0.3, -0.25) is 9.59 Å². The summed E-state index contributed by atoms with van der Waals surface area (Å²) in [4.78, 5) is 21.4. The minimum atomic E-state index is -4.61. The van der Waals surface area contributed by atoms with Gasteiger partial charge in [0.2, 0.25) is 10.0 Å². The number of rotatable bonds is 8. The maximum absolute atomic E-state index is 13.5. The molecule has 24 heavy (non-hydrogen) atoms. The van der Waals surface area contributed by atoms with E-state index in [1.54, 1.807) is 4.72 Å². The van der Waals surface area contributed by atoms with E-state index >= 15 is 0 Å². The summed E-state index contributed by atoms with van der Waals surface area (Å²) in [5.74, 6) is -7.08.